The number of allylic oxidation sites excluding steroid dienone is 1. The predicted molar refractivity (Wildman–Crippen MR) is 78.0 cm³/mol. The molecule has 20 heavy (non-hydrogen) atoms. The highest BCUT2D eigenvalue weighted by molar-refractivity contribution is 6.31. The van der Waals surface area contributed by atoms with Crippen molar-refractivity contribution in [1.82, 2.24) is 10.2 Å². The van der Waals surface area contributed by atoms with E-state index in [4.69, 9.17) is 11.6 Å². The van der Waals surface area contributed by atoms with Crippen molar-refractivity contribution in [1.29, 1.82) is 0 Å². The zero-order valence-electron chi connectivity index (χ0n) is 11.3. The topological polar surface area (TPSA) is 15.3 Å². The van der Waals surface area contributed by atoms with E-state index in [2.05, 4.69) is 16.8 Å². The second-order valence-electron chi connectivity index (χ2n) is 4.92. The molecule has 1 aliphatic heterocycles. The molecule has 0 spiro atoms. The van der Waals surface area contributed by atoms with Crippen LogP contribution < -0.4 is 5.32 Å². The van der Waals surface area contributed by atoms with E-state index in [1.807, 2.05) is 0 Å². The molecule has 1 aromatic carbocycles. The lowest BCUT2D eigenvalue weighted by Crippen LogP contribution is -2.45. The number of rotatable bonds is 5. The first-order valence-electron chi connectivity index (χ1n) is 6.84. The van der Waals surface area contributed by atoms with Gasteiger partial charge in [0.25, 0.3) is 0 Å². The van der Waals surface area contributed by atoms with Crippen LogP contribution in [0.2, 0.25) is 5.02 Å². The van der Waals surface area contributed by atoms with Crippen LogP contribution in [-0.2, 0) is 0 Å². The van der Waals surface area contributed by atoms with Crippen molar-refractivity contribution >= 4 is 11.6 Å². The molecule has 1 saturated heterocycles. The maximum Gasteiger partial charge on any atom is 0.142 e. The lowest BCUT2D eigenvalue weighted by atomic mass is 9.98. The van der Waals surface area contributed by atoms with Crippen LogP contribution in [0.1, 0.15) is 24.4 Å². The monoisotopic (exact) mass is 300 g/mol. The summed E-state index contributed by atoms with van der Waals surface area (Å²) in [4.78, 5) is 2.16. The van der Waals surface area contributed by atoms with Crippen molar-refractivity contribution in [3.63, 3.8) is 0 Å². The number of halogens is 3. The van der Waals surface area contributed by atoms with Crippen LogP contribution >= 0.6 is 11.6 Å². The second-order valence-corrected chi connectivity index (χ2v) is 5.30. The Kier molecular flexibility index (Phi) is 5.52. The third kappa shape index (κ3) is 3.37. The average Bonchev–Trinajstić information content (AvgIpc) is 2.47. The second kappa shape index (κ2) is 7.16. The molecule has 2 nitrogen and oxygen atoms in total. The minimum atomic E-state index is -0.568. The summed E-state index contributed by atoms with van der Waals surface area (Å²) in [5.74, 6) is -1.01. The van der Waals surface area contributed by atoms with E-state index < -0.39 is 11.6 Å². The summed E-state index contributed by atoms with van der Waals surface area (Å²) in [6.45, 7) is 6.99. The molecule has 0 aliphatic carbocycles. The van der Waals surface area contributed by atoms with Gasteiger partial charge in [-0.3, -0.25) is 4.90 Å². The molecule has 1 N–H and O–H groups in total. The Morgan fingerprint density at radius 2 is 1.95 bits per heavy atom. The summed E-state index contributed by atoms with van der Waals surface area (Å²) < 4.78 is 27.8. The zero-order valence-corrected chi connectivity index (χ0v) is 12.1. The molecule has 1 fully saturated rings. The largest absolute Gasteiger partial charge is 0.314 e. The van der Waals surface area contributed by atoms with Crippen molar-refractivity contribution < 1.29 is 8.78 Å². The molecule has 5 heteroatoms. The van der Waals surface area contributed by atoms with Crippen LogP contribution in [-0.4, -0.2) is 31.1 Å². The van der Waals surface area contributed by atoms with Gasteiger partial charge in [-0.25, -0.2) is 8.78 Å². The van der Waals surface area contributed by atoms with Crippen LogP contribution in [0.15, 0.2) is 24.8 Å². The van der Waals surface area contributed by atoms with Gasteiger partial charge in [0, 0.05) is 37.8 Å². The maximum absolute atomic E-state index is 14.1. The number of hydrogen-bond acceptors (Lipinski definition) is 2. The molecule has 0 saturated carbocycles. The summed E-state index contributed by atoms with van der Waals surface area (Å²) in [5.41, 5.74) is 0.274. The van der Waals surface area contributed by atoms with Gasteiger partial charge in [-0.05, 0) is 25.0 Å². The fourth-order valence-electron chi connectivity index (χ4n) is 2.63. The van der Waals surface area contributed by atoms with Gasteiger partial charge in [0.1, 0.15) is 11.6 Å². The van der Waals surface area contributed by atoms with E-state index in [1.165, 1.54) is 0 Å². The summed E-state index contributed by atoms with van der Waals surface area (Å²) >= 11 is 6.01. The maximum atomic E-state index is 14.1. The fourth-order valence-corrected chi connectivity index (χ4v) is 2.91. The van der Waals surface area contributed by atoms with E-state index >= 15 is 0 Å². The van der Waals surface area contributed by atoms with Crippen molar-refractivity contribution in [2.45, 2.75) is 18.9 Å². The quantitative estimate of drug-likeness (QED) is 0.661. The Balaban J connectivity index is 2.34. The van der Waals surface area contributed by atoms with Crippen LogP contribution in [0.5, 0.6) is 0 Å². The first kappa shape index (κ1) is 15.4. The molecule has 1 heterocycles. The summed E-state index contributed by atoms with van der Waals surface area (Å²) in [5, 5.41) is 3.16. The van der Waals surface area contributed by atoms with Gasteiger partial charge in [-0.15, -0.1) is 6.58 Å². The minimum absolute atomic E-state index is 0.0994. The molecule has 1 atom stereocenters. The first-order valence-corrected chi connectivity index (χ1v) is 7.22. The van der Waals surface area contributed by atoms with Crippen LogP contribution in [0.3, 0.4) is 0 Å². The van der Waals surface area contributed by atoms with Crippen molar-refractivity contribution in [3.05, 3.63) is 47.0 Å². The Morgan fingerprint density at radius 3 is 2.60 bits per heavy atom. The lowest BCUT2D eigenvalue weighted by molar-refractivity contribution is 0.163. The van der Waals surface area contributed by atoms with Gasteiger partial charge in [-0.1, -0.05) is 17.7 Å². The highest BCUT2D eigenvalue weighted by atomic mass is 35.5. The Morgan fingerprint density at radius 1 is 1.30 bits per heavy atom. The standard InChI is InChI=1S/C15H19ClF2N2/c1-2-3-4-13(20-9-7-19-8-10-20)14-11(17)5-6-12(18)15(14)16/h2,5-6,13,19H,1,3-4,7-10H2/t13-/m1/s1. The molecular weight excluding hydrogens is 282 g/mol. The Bertz CT molecular complexity index is 473. The lowest BCUT2D eigenvalue weighted by Gasteiger charge is -2.35. The van der Waals surface area contributed by atoms with Gasteiger partial charge in [0.05, 0.1) is 5.02 Å². The highest BCUT2D eigenvalue weighted by Crippen LogP contribution is 2.35. The van der Waals surface area contributed by atoms with E-state index in [-0.39, 0.29) is 16.6 Å². The smallest absolute Gasteiger partial charge is 0.142 e. The van der Waals surface area contributed by atoms with Crippen LogP contribution in [0, 0.1) is 11.6 Å². The first-order chi connectivity index (χ1) is 9.65. The van der Waals surface area contributed by atoms with Crippen LogP contribution in [0.25, 0.3) is 0 Å². The number of nitrogens with one attached hydrogen (secondary N) is 1. The van der Waals surface area contributed by atoms with E-state index in [0.717, 1.165) is 44.7 Å². The molecule has 2 rings (SSSR count). The molecule has 1 aliphatic rings. The number of piperazine rings is 1. The summed E-state index contributed by atoms with van der Waals surface area (Å²) in [6.07, 6.45) is 3.21. The van der Waals surface area contributed by atoms with Gasteiger partial charge in [-0.2, -0.15) is 0 Å². The SMILES string of the molecule is C=CCC[C@H](c1c(F)ccc(F)c1Cl)N1CCNCC1. The van der Waals surface area contributed by atoms with Crippen molar-refractivity contribution in [2.75, 3.05) is 26.2 Å². The number of nitrogens with zero attached hydrogens (tertiary/aromatic N) is 1. The molecule has 0 bridgehead atoms. The van der Waals surface area contributed by atoms with E-state index in [0.29, 0.717) is 6.42 Å². The van der Waals surface area contributed by atoms with Gasteiger partial charge >= 0.3 is 0 Å². The van der Waals surface area contributed by atoms with Crippen molar-refractivity contribution in [3.8, 4) is 0 Å². The molecule has 0 aromatic heterocycles. The summed E-state index contributed by atoms with van der Waals surface area (Å²) in [6, 6.07) is 2.02. The predicted octanol–water partition coefficient (Wildman–Crippen LogP) is 3.53. The third-order valence-corrected chi connectivity index (χ3v) is 4.03. The van der Waals surface area contributed by atoms with Gasteiger partial charge < -0.3 is 5.32 Å². The number of benzene rings is 1. The normalized spacial score (nSPS) is 17.9. The van der Waals surface area contributed by atoms with Crippen LogP contribution in [0.4, 0.5) is 8.78 Å². The van der Waals surface area contributed by atoms with E-state index in [1.54, 1.807) is 6.08 Å². The van der Waals surface area contributed by atoms with Crippen molar-refractivity contribution in [2.24, 2.45) is 0 Å². The zero-order chi connectivity index (χ0) is 14.5. The molecule has 0 radical (unpaired) electrons. The molecule has 1 aromatic rings. The minimum Gasteiger partial charge on any atom is -0.314 e. The Labute approximate surface area is 123 Å². The molecular formula is C15H19ClF2N2. The fraction of sp³-hybridized carbons (Fsp3) is 0.467. The summed E-state index contributed by atoms with van der Waals surface area (Å²) in [7, 11) is 0. The number of hydrogen-bond donors (Lipinski definition) is 1. The molecule has 0 amide bonds. The average molecular weight is 301 g/mol. The molecule has 110 valence electrons. The van der Waals surface area contributed by atoms with E-state index in [9.17, 15) is 8.78 Å². The van der Waals surface area contributed by atoms with Gasteiger partial charge in [0.15, 0.2) is 0 Å². The van der Waals surface area contributed by atoms with Gasteiger partial charge in [0.2, 0.25) is 0 Å². The Hall–Kier alpha value is -0.970. The third-order valence-electron chi connectivity index (χ3n) is 3.65. The molecule has 0 unspecified atom stereocenters. The highest BCUT2D eigenvalue weighted by Gasteiger charge is 2.27.